The van der Waals surface area contributed by atoms with Crippen molar-refractivity contribution >= 4 is 74.6 Å². The first-order valence-electron chi connectivity index (χ1n) is 9.11. The first-order valence-corrected chi connectivity index (χ1v) is 11.8. The fraction of sp³-hybridized carbons (Fsp3) is 0.286. The number of fused-ring (bicyclic) bond motifs is 1. The number of rotatable bonds is 7. The van der Waals surface area contributed by atoms with E-state index in [2.05, 4.69) is 22.7 Å². The molecule has 10 heteroatoms. The van der Waals surface area contributed by atoms with Crippen LogP contribution < -0.4 is 4.72 Å². The van der Waals surface area contributed by atoms with Crippen LogP contribution in [0.4, 0.5) is 5.69 Å². The topological polar surface area (TPSA) is 62.3 Å². The molecule has 0 fully saturated rings. The average Bonchev–Trinajstić information content (AvgIpc) is 2.62. The second-order valence-corrected chi connectivity index (χ2v) is 9.84. The van der Waals surface area contributed by atoms with Gasteiger partial charge in [0.15, 0.2) is 0 Å². The number of benzene rings is 2. The highest BCUT2D eigenvalue weighted by Crippen LogP contribution is 2.29. The molecule has 1 heterocycles. The molecular formula is C21H25Cl4N3O2S. The molecule has 0 radical (unpaired) electrons. The number of hydrogen-bond donors (Lipinski definition) is 1. The Kier molecular flexibility index (Phi) is 10.3. The molecule has 0 aliphatic heterocycles. The molecule has 170 valence electrons. The standard InChI is InChI=1S/C21H23Cl2N3O2S.2ClH/c1-14-10-17(24-21-12-20(23)19(22)11-18(14)21)13-26(2)9-8-15-4-6-16(7-5-15)25-29(3,27)28;;/h4-7,10-12,25H,8-9,13H2,1-3H3;2*1H. The van der Waals surface area contributed by atoms with Crippen molar-refractivity contribution in [2.45, 2.75) is 19.9 Å². The molecule has 31 heavy (non-hydrogen) atoms. The normalized spacial score (nSPS) is 11.2. The zero-order chi connectivity index (χ0) is 21.2. The monoisotopic (exact) mass is 523 g/mol. The van der Waals surface area contributed by atoms with Crippen molar-refractivity contribution < 1.29 is 8.42 Å². The number of hydrogen-bond acceptors (Lipinski definition) is 4. The second kappa shape index (κ2) is 11.5. The number of anilines is 1. The largest absolute Gasteiger partial charge is 0.300 e. The third-order valence-electron chi connectivity index (χ3n) is 4.58. The predicted octanol–water partition coefficient (Wildman–Crippen LogP) is 5.74. The zero-order valence-electron chi connectivity index (χ0n) is 17.4. The van der Waals surface area contributed by atoms with Gasteiger partial charge in [-0.2, -0.15) is 0 Å². The van der Waals surface area contributed by atoms with Gasteiger partial charge < -0.3 is 4.90 Å². The molecule has 0 aliphatic rings. The van der Waals surface area contributed by atoms with Crippen molar-refractivity contribution in [2.75, 3.05) is 24.6 Å². The van der Waals surface area contributed by atoms with Crippen molar-refractivity contribution in [3.63, 3.8) is 0 Å². The first kappa shape index (κ1) is 27.8. The van der Waals surface area contributed by atoms with Gasteiger partial charge in [0.05, 0.1) is 27.5 Å². The fourth-order valence-corrected chi connectivity index (χ4v) is 4.06. The highest BCUT2D eigenvalue weighted by Gasteiger charge is 2.09. The lowest BCUT2D eigenvalue weighted by molar-refractivity contribution is 0.327. The number of pyridine rings is 1. The van der Waals surface area contributed by atoms with Gasteiger partial charge in [-0.3, -0.25) is 9.71 Å². The van der Waals surface area contributed by atoms with Crippen LogP contribution in [-0.4, -0.2) is 38.1 Å². The maximum absolute atomic E-state index is 11.3. The van der Waals surface area contributed by atoms with E-state index in [0.29, 0.717) is 22.3 Å². The van der Waals surface area contributed by atoms with Crippen LogP contribution in [0.1, 0.15) is 16.8 Å². The number of nitrogens with zero attached hydrogens (tertiary/aromatic N) is 2. The van der Waals surface area contributed by atoms with Crippen LogP contribution in [0.3, 0.4) is 0 Å². The van der Waals surface area contributed by atoms with Crippen LogP contribution in [0, 0.1) is 6.92 Å². The molecular weight excluding hydrogens is 500 g/mol. The Morgan fingerprint density at radius 2 is 1.65 bits per heavy atom. The van der Waals surface area contributed by atoms with E-state index in [-0.39, 0.29) is 24.8 Å². The molecule has 1 aromatic heterocycles. The van der Waals surface area contributed by atoms with Gasteiger partial charge in [0.2, 0.25) is 10.0 Å². The van der Waals surface area contributed by atoms with Crippen molar-refractivity contribution in [2.24, 2.45) is 0 Å². The summed E-state index contributed by atoms with van der Waals surface area (Å²) in [5.41, 5.74) is 4.64. The van der Waals surface area contributed by atoms with E-state index in [9.17, 15) is 8.42 Å². The average molecular weight is 525 g/mol. The SMILES string of the molecule is Cc1cc(CN(C)CCc2ccc(NS(C)(=O)=O)cc2)nc2cc(Cl)c(Cl)cc12.Cl.Cl. The second-order valence-electron chi connectivity index (χ2n) is 7.27. The molecule has 0 saturated heterocycles. The molecule has 0 amide bonds. The molecule has 0 atom stereocenters. The molecule has 2 aromatic carbocycles. The van der Waals surface area contributed by atoms with Gasteiger partial charge in [0, 0.05) is 24.2 Å². The Bertz CT molecular complexity index is 1140. The minimum absolute atomic E-state index is 0. The maximum atomic E-state index is 11.3. The molecule has 3 rings (SSSR count). The third-order valence-corrected chi connectivity index (χ3v) is 5.91. The number of nitrogens with one attached hydrogen (secondary N) is 1. The molecule has 0 unspecified atom stereocenters. The van der Waals surface area contributed by atoms with Crippen LogP contribution >= 0.6 is 48.0 Å². The van der Waals surface area contributed by atoms with Crippen molar-refractivity contribution in [1.29, 1.82) is 0 Å². The minimum Gasteiger partial charge on any atom is -0.300 e. The van der Waals surface area contributed by atoms with E-state index < -0.39 is 10.0 Å². The van der Waals surface area contributed by atoms with Crippen molar-refractivity contribution in [1.82, 2.24) is 9.88 Å². The summed E-state index contributed by atoms with van der Waals surface area (Å²) in [4.78, 5) is 6.93. The Morgan fingerprint density at radius 3 is 2.26 bits per heavy atom. The number of aryl methyl sites for hydroxylation is 1. The minimum atomic E-state index is -3.26. The molecule has 0 bridgehead atoms. The third kappa shape index (κ3) is 7.97. The highest BCUT2D eigenvalue weighted by molar-refractivity contribution is 7.92. The van der Waals surface area contributed by atoms with E-state index in [4.69, 9.17) is 28.2 Å². The molecule has 0 aliphatic carbocycles. The van der Waals surface area contributed by atoms with E-state index in [0.717, 1.165) is 46.9 Å². The van der Waals surface area contributed by atoms with Crippen LogP contribution in [0.2, 0.25) is 10.0 Å². The van der Waals surface area contributed by atoms with E-state index in [1.54, 1.807) is 12.1 Å². The molecule has 5 nitrogen and oxygen atoms in total. The number of likely N-dealkylation sites (N-methyl/N-ethyl adjacent to an activating group) is 1. The predicted molar refractivity (Wildman–Crippen MR) is 136 cm³/mol. The maximum Gasteiger partial charge on any atom is 0.229 e. The Morgan fingerprint density at radius 1 is 1.03 bits per heavy atom. The van der Waals surface area contributed by atoms with Gasteiger partial charge in [-0.05, 0) is 61.9 Å². The van der Waals surface area contributed by atoms with E-state index in [1.165, 1.54) is 0 Å². The fourth-order valence-electron chi connectivity index (χ4n) is 3.17. The first-order chi connectivity index (χ1) is 13.6. The summed E-state index contributed by atoms with van der Waals surface area (Å²) < 4.78 is 25.0. The molecule has 3 aromatic rings. The number of sulfonamides is 1. The lowest BCUT2D eigenvalue weighted by Gasteiger charge is -2.17. The van der Waals surface area contributed by atoms with Gasteiger partial charge in [-0.25, -0.2) is 8.42 Å². The lowest BCUT2D eigenvalue weighted by atomic mass is 10.1. The van der Waals surface area contributed by atoms with E-state index in [1.807, 2.05) is 31.2 Å². The van der Waals surface area contributed by atoms with Gasteiger partial charge in [-0.1, -0.05) is 35.3 Å². The Balaban J connectivity index is 0.00000240. The Hall–Kier alpha value is -1.28. The summed E-state index contributed by atoms with van der Waals surface area (Å²) in [7, 11) is -1.20. The number of aromatic nitrogens is 1. The summed E-state index contributed by atoms with van der Waals surface area (Å²) in [6.07, 6.45) is 1.99. The highest BCUT2D eigenvalue weighted by atomic mass is 35.5. The molecule has 0 spiro atoms. The lowest BCUT2D eigenvalue weighted by Crippen LogP contribution is -2.21. The van der Waals surface area contributed by atoms with Crippen LogP contribution in [0.25, 0.3) is 10.9 Å². The van der Waals surface area contributed by atoms with E-state index >= 15 is 0 Å². The summed E-state index contributed by atoms with van der Waals surface area (Å²) in [5.74, 6) is 0. The van der Waals surface area contributed by atoms with Gasteiger partial charge in [-0.15, -0.1) is 24.8 Å². The molecule has 1 N–H and O–H groups in total. The summed E-state index contributed by atoms with van der Waals surface area (Å²) in [6.45, 7) is 3.60. The van der Waals surface area contributed by atoms with Crippen LogP contribution in [0.5, 0.6) is 0 Å². The van der Waals surface area contributed by atoms with Gasteiger partial charge in [0.1, 0.15) is 0 Å². The van der Waals surface area contributed by atoms with Crippen molar-refractivity contribution in [3.8, 4) is 0 Å². The zero-order valence-corrected chi connectivity index (χ0v) is 21.3. The van der Waals surface area contributed by atoms with Gasteiger partial charge >= 0.3 is 0 Å². The molecule has 0 saturated carbocycles. The Labute approximate surface area is 206 Å². The quantitative estimate of drug-likeness (QED) is 0.428. The summed E-state index contributed by atoms with van der Waals surface area (Å²) in [6, 6.07) is 13.2. The smallest absolute Gasteiger partial charge is 0.229 e. The van der Waals surface area contributed by atoms with Crippen LogP contribution in [-0.2, 0) is 23.0 Å². The van der Waals surface area contributed by atoms with Gasteiger partial charge in [0.25, 0.3) is 0 Å². The van der Waals surface area contributed by atoms with Crippen molar-refractivity contribution in [3.05, 3.63) is 69.3 Å². The van der Waals surface area contributed by atoms with Crippen LogP contribution in [0.15, 0.2) is 42.5 Å². The number of halogens is 4. The summed E-state index contributed by atoms with van der Waals surface area (Å²) >= 11 is 12.3. The summed E-state index contributed by atoms with van der Waals surface area (Å²) in [5, 5.41) is 2.05.